The molecule has 0 atom stereocenters. The number of rotatable bonds is 0. The van der Waals surface area contributed by atoms with Gasteiger partial charge in [0.1, 0.15) is 0 Å². The van der Waals surface area contributed by atoms with E-state index in [1.165, 1.54) is 13.8 Å². The van der Waals surface area contributed by atoms with Gasteiger partial charge in [-0.15, -0.1) is 0 Å². The Bertz CT molecular complexity index is 107. The van der Waals surface area contributed by atoms with Crippen molar-refractivity contribution < 1.29 is 36.5 Å². The minimum atomic E-state index is -0.562. The van der Waals surface area contributed by atoms with Gasteiger partial charge in [-0.05, 0) is 0 Å². The van der Waals surface area contributed by atoms with E-state index in [0.717, 1.165) is 0 Å². The molecule has 8 heteroatoms. The molecule has 0 radical (unpaired) electrons. The van der Waals surface area contributed by atoms with Gasteiger partial charge < -0.3 is 26.9 Å². The first-order valence-electron chi connectivity index (χ1n) is 1.82. The van der Waals surface area contributed by atoms with E-state index in [-0.39, 0.29) is 97.6 Å². The molecule has 6 nitrogen and oxygen atoms in total. The fourth-order valence-electron chi connectivity index (χ4n) is 0.202. The van der Waals surface area contributed by atoms with Gasteiger partial charge in [-0.3, -0.25) is 9.59 Å². The van der Waals surface area contributed by atoms with Crippen molar-refractivity contribution in [3.05, 3.63) is 0 Å². The summed E-state index contributed by atoms with van der Waals surface area (Å²) in [5, 5.41) is 0. The molecular weight excluding hydrogens is 224 g/mol. The van der Waals surface area contributed by atoms with E-state index >= 15 is 0 Å². The van der Waals surface area contributed by atoms with Crippen LogP contribution < -0.4 is 0 Å². The Morgan fingerprint density at radius 2 is 1.08 bits per heavy atom. The van der Waals surface area contributed by atoms with E-state index in [4.69, 9.17) is 0 Å². The number of hydrogen-bond acceptors (Lipinski definition) is 3. The second kappa shape index (κ2) is 22.9. The van der Waals surface area contributed by atoms with Crippen molar-refractivity contribution in [1.29, 1.82) is 0 Å². The Kier molecular flexibility index (Phi) is 71.5. The fraction of sp³-hybridized carbons (Fsp3) is 0.500. The second-order valence-electron chi connectivity index (χ2n) is 1.09. The zero-order valence-electron chi connectivity index (χ0n) is 11.1. The van der Waals surface area contributed by atoms with Crippen molar-refractivity contribution >= 4 is 87.4 Å². The Morgan fingerprint density at radius 3 is 1.08 bits per heavy atom. The average Bonchev–Trinajstić information content (AvgIpc) is 1.27. The van der Waals surface area contributed by atoms with Crippen LogP contribution in [-0.2, 0) is 14.3 Å². The predicted molar refractivity (Wildman–Crippen MR) is 49.2 cm³/mol. The van der Waals surface area contributed by atoms with Crippen LogP contribution in [0.15, 0.2) is 0 Å². The van der Waals surface area contributed by atoms with Crippen molar-refractivity contribution in [1.82, 2.24) is 0 Å². The summed E-state index contributed by atoms with van der Waals surface area (Å²) in [6.45, 7) is 2.36. The number of hydrogen-bond donors (Lipinski definition) is 0. The summed E-state index contributed by atoms with van der Waals surface area (Å²) in [6.07, 6.45) is 0. The zero-order chi connectivity index (χ0) is 5.86. The predicted octanol–water partition coefficient (Wildman–Crippen LogP) is -2.69. The largest absolute Gasteiger partial charge is 2.00 e. The number of ether oxygens (including phenoxy) is 1. The fourth-order valence-corrected chi connectivity index (χ4v) is 0.202. The molecule has 0 heterocycles. The molecule has 0 aliphatic rings. The molecule has 0 aliphatic heterocycles. The summed E-state index contributed by atoms with van der Waals surface area (Å²) >= 11 is 0. The molecule has 12 heavy (non-hydrogen) atoms. The summed E-state index contributed by atoms with van der Waals surface area (Å²) in [7, 11) is 0. The summed E-state index contributed by atoms with van der Waals surface area (Å²) in [4.78, 5) is 19.6. The van der Waals surface area contributed by atoms with Gasteiger partial charge in [0.05, 0.1) is 0 Å². The third-order valence-electron chi connectivity index (χ3n) is 0.287. The van der Waals surface area contributed by atoms with Crippen molar-refractivity contribution in [3.8, 4) is 0 Å². The molecule has 0 aliphatic carbocycles. The minimum Gasteiger partial charge on any atom is -1.00 e. The Balaban J connectivity index is -0.00000000500. The molecule has 0 aromatic rings. The molecular formula is C4H16Ca2O6. The quantitative estimate of drug-likeness (QED) is 0.259. The topological polar surface area (TPSA) is 138 Å². The van der Waals surface area contributed by atoms with Crippen LogP contribution in [0.1, 0.15) is 19.6 Å². The van der Waals surface area contributed by atoms with E-state index in [0.29, 0.717) is 0 Å². The summed E-state index contributed by atoms with van der Waals surface area (Å²) in [5.41, 5.74) is 0. The summed E-state index contributed by atoms with van der Waals surface area (Å²) in [6, 6.07) is 0. The van der Waals surface area contributed by atoms with Gasteiger partial charge in [-0.2, -0.15) is 0 Å². The standard InChI is InChI=1S/C4H6O3.2Ca.3H2O.4H/c1-3(5)7-4(2)6;;;;;;;;;/h1-2H3;;;3*1H2;;;;/q;2*+2;;;;4*-1. The van der Waals surface area contributed by atoms with Crippen LogP contribution >= 0.6 is 0 Å². The van der Waals surface area contributed by atoms with E-state index in [2.05, 4.69) is 4.74 Å². The third kappa shape index (κ3) is 41.8. The second-order valence-corrected chi connectivity index (χ2v) is 1.09. The third-order valence-corrected chi connectivity index (χ3v) is 0.287. The number of esters is 2. The molecule has 0 unspecified atom stereocenters. The van der Waals surface area contributed by atoms with Crippen LogP contribution in [0.4, 0.5) is 0 Å². The maximum absolute atomic E-state index is 9.81. The molecule has 72 valence electrons. The first-order valence-corrected chi connectivity index (χ1v) is 1.82. The van der Waals surface area contributed by atoms with Gasteiger partial charge in [-0.1, -0.05) is 0 Å². The molecule has 0 bridgehead atoms. The average molecular weight is 240 g/mol. The van der Waals surface area contributed by atoms with Crippen LogP contribution in [0.5, 0.6) is 0 Å². The smallest absolute Gasteiger partial charge is 1.00 e. The van der Waals surface area contributed by atoms with E-state index in [1.54, 1.807) is 0 Å². The van der Waals surface area contributed by atoms with Gasteiger partial charge >= 0.3 is 87.4 Å². The molecule has 0 amide bonds. The van der Waals surface area contributed by atoms with Crippen LogP contribution in [0, 0.1) is 0 Å². The van der Waals surface area contributed by atoms with Crippen LogP contribution in [0.2, 0.25) is 0 Å². The van der Waals surface area contributed by atoms with Crippen molar-refractivity contribution in [2.24, 2.45) is 0 Å². The maximum atomic E-state index is 9.81. The molecule has 0 aromatic heterocycles. The maximum Gasteiger partial charge on any atom is 2.00 e. The molecule has 0 spiro atoms. The summed E-state index contributed by atoms with van der Waals surface area (Å²) in [5.74, 6) is -1.12. The molecule has 0 aromatic carbocycles. The van der Waals surface area contributed by atoms with Crippen molar-refractivity contribution in [3.63, 3.8) is 0 Å². The van der Waals surface area contributed by atoms with E-state index < -0.39 is 11.9 Å². The minimum absolute atomic E-state index is 0. The monoisotopic (exact) mass is 240 g/mol. The van der Waals surface area contributed by atoms with Gasteiger partial charge in [0.25, 0.3) is 0 Å². The first-order chi connectivity index (χ1) is 3.13. The summed E-state index contributed by atoms with van der Waals surface area (Å²) < 4.78 is 3.97. The van der Waals surface area contributed by atoms with Gasteiger partial charge in [0.2, 0.25) is 0 Å². The van der Waals surface area contributed by atoms with E-state index in [1.807, 2.05) is 0 Å². The Morgan fingerprint density at radius 1 is 0.917 bits per heavy atom. The number of carbonyl (C=O) groups excluding carboxylic acids is 2. The van der Waals surface area contributed by atoms with Crippen molar-refractivity contribution in [2.75, 3.05) is 0 Å². The van der Waals surface area contributed by atoms with E-state index in [9.17, 15) is 9.59 Å². The Hall–Kier alpha value is 1.54. The van der Waals surface area contributed by atoms with Gasteiger partial charge in [-0.25, -0.2) is 0 Å². The van der Waals surface area contributed by atoms with Crippen LogP contribution in [0.25, 0.3) is 0 Å². The van der Waals surface area contributed by atoms with Crippen LogP contribution in [-0.4, -0.2) is 104 Å². The molecule has 6 N–H and O–H groups in total. The van der Waals surface area contributed by atoms with Gasteiger partial charge in [0.15, 0.2) is 0 Å². The molecule has 0 saturated carbocycles. The van der Waals surface area contributed by atoms with Crippen molar-refractivity contribution in [2.45, 2.75) is 13.8 Å². The molecule has 0 fully saturated rings. The SMILES string of the molecule is CC(=O)OC(C)=O.O.O.O.[Ca+2].[Ca+2].[H-].[H-].[H-].[H-]. The molecule has 0 rings (SSSR count). The first kappa shape index (κ1) is 37.5. The number of carbonyl (C=O) groups is 2. The normalized spacial score (nSPS) is 4.50. The van der Waals surface area contributed by atoms with Crippen LogP contribution in [0.3, 0.4) is 0 Å². The molecule has 0 saturated heterocycles. The van der Waals surface area contributed by atoms with Gasteiger partial charge in [0, 0.05) is 13.8 Å². The zero-order valence-corrected chi connectivity index (χ0v) is 11.6. The Labute approximate surface area is 136 Å².